The van der Waals surface area contributed by atoms with Crippen LogP contribution in [0.1, 0.15) is 35.7 Å². The van der Waals surface area contributed by atoms with Crippen molar-refractivity contribution in [3.8, 4) is 0 Å². The van der Waals surface area contributed by atoms with Gasteiger partial charge < -0.3 is 0 Å². The summed E-state index contributed by atoms with van der Waals surface area (Å²) < 4.78 is 73.1. The molecule has 1 rings (SSSR count). The lowest BCUT2D eigenvalue weighted by molar-refractivity contribution is -0.140. The molecule has 0 atom stereocenters. The number of hydrogen-bond donors (Lipinski definition) is 0. The summed E-state index contributed by atoms with van der Waals surface area (Å²) >= 11 is 0. The minimum absolute atomic E-state index is 0.0216. The van der Waals surface area contributed by atoms with Crippen LogP contribution in [0.25, 0.3) is 0 Å². The van der Waals surface area contributed by atoms with Crippen LogP contribution in [0.2, 0.25) is 0 Å². The minimum atomic E-state index is -4.88. The molecule has 21 heavy (non-hydrogen) atoms. The monoisotopic (exact) mass is 326 g/mol. The Kier molecular flexibility index (Phi) is 5.49. The summed E-state index contributed by atoms with van der Waals surface area (Å²) in [4.78, 5) is 11.7. The molecule has 0 radical (unpaired) electrons. The van der Waals surface area contributed by atoms with Crippen LogP contribution >= 0.6 is 0 Å². The molecule has 8 heteroatoms. The number of halogens is 4. The van der Waals surface area contributed by atoms with Crippen LogP contribution < -0.4 is 0 Å². The second kappa shape index (κ2) is 6.55. The van der Waals surface area contributed by atoms with Gasteiger partial charge in [0.05, 0.1) is 11.3 Å². The molecule has 0 saturated carbocycles. The molecule has 0 aliphatic carbocycles. The molecule has 0 aliphatic rings. The van der Waals surface area contributed by atoms with Crippen molar-refractivity contribution in [1.82, 2.24) is 0 Å². The van der Waals surface area contributed by atoms with Crippen molar-refractivity contribution in [3.05, 3.63) is 35.1 Å². The third-order valence-corrected chi connectivity index (χ3v) is 4.68. The Bertz CT molecular complexity index is 621. The molecule has 0 aliphatic heterocycles. The van der Waals surface area contributed by atoms with Crippen molar-refractivity contribution < 1.29 is 30.8 Å². The molecule has 0 N–H and O–H groups in total. The van der Waals surface area contributed by atoms with Gasteiger partial charge in [0, 0.05) is 17.7 Å². The molecule has 3 nitrogen and oxygen atoms in total. The van der Waals surface area contributed by atoms with Crippen LogP contribution in [0.15, 0.2) is 18.2 Å². The lowest BCUT2D eigenvalue weighted by Crippen LogP contribution is -2.12. The van der Waals surface area contributed by atoms with Crippen LogP contribution in [0.3, 0.4) is 0 Å². The van der Waals surface area contributed by atoms with Gasteiger partial charge in [0.25, 0.3) is 0 Å². The van der Waals surface area contributed by atoms with Crippen LogP contribution in [0.4, 0.5) is 17.6 Å². The average molecular weight is 326 g/mol. The van der Waals surface area contributed by atoms with Crippen LogP contribution in [-0.4, -0.2) is 25.7 Å². The molecule has 1 aromatic carbocycles. The third-order valence-electron chi connectivity index (χ3n) is 2.89. The van der Waals surface area contributed by atoms with Crippen molar-refractivity contribution in [2.45, 2.75) is 25.9 Å². The summed E-state index contributed by atoms with van der Waals surface area (Å²) in [5.41, 5.74) is -1.79. The molecular weight excluding hydrogens is 312 g/mol. The fourth-order valence-corrected chi connectivity index (χ4v) is 2.53. The van der Waals surface area contributed by atoms with Crippen LogP contribution in [-0.2, 0) is 16.0 Å². The van der Waals surface area contributed by atoms with Crippen molar-refractivity contribution in [2.75, 3.05) is 11.5 Å². The summed E-state index contributed by atoms with van der Waals surface area (Å²) in [6.45, 7) is 1.47. The standard InChI is InChI=1S/C13H14F4O3S/c1-2-21(19,20)7-3-4-12(18)9-5-6-11(14)10(8-9)13(15,16)17/h5-6,8H,2-4,7H2,1H3. The molecular formula is C13H14F4O3S. The third kappa shape index (κ3) is 5.11. The Hall–Kier alpha value is -1.44. The predicted octanol–water partition coefficient (Wildman–Crippen LogP) is 3.24. The van der Waals surface area contributed by atoms with Gasteiger partial charge in [-0.15, -0.1) is 0 Å². The van der Waals surface area contributed by atoms with Crippen molar-refractivity contribution in [1.29, 1.82) is 0 Å². The first-order valence-electron chi connectivity index (χ1n) is 6.17. The molecule has 0 saturated heterocycles. The maximum atomic E-state index is 13.1. The quantitative estimate of drug-likeness (QED) is 0.596. The van der Waals surface area contributed by atoms with Gasteiger partial charge in [-0.3, -0.25) is 4.79 Å². The zero-order chi connectivity index (χ0) is 16.3. The Morgan fingerprint density at radius 3 is 2.38 bits per heavy atom. The number of carbonyl (C=O) groups excluding carboxylic acids is 1. The molecule has 0 amide bonds. The fourth-order valence-electron chi connectivity index (χ4n) is 1.66. The molecule has 0 heterocycles. The van der Waals surface area contributed by atoms with Crippen molar-refractivity contribution in [2.24, 2.45) is 0 Å². The molecule has 0 spiro atoms. The van der Waals surface area contributed by atoms with Gasteiger partial charge in [-0.25, -0.2) is 12.8 Å². The van der Waals surface area contributed by atoms with E-state index in [2.05, 4.69) is 0 Å². The zero-order valence-electron chi connectivity index (χ0n) is 11.2. The Morgan fingerprint density at radius 1 is 1.24 bits per heavy atom. The van der Waals surface area contributed by atoms with Crippen molar-refractivity contribution >= 4 is 15.6 Å². The summed E-state index contributed by atoms with van der Waals surface area (Å²) in [5, 5.41) is 0. The van der Waals surface area contributed by atoms with Gasteiger partial charge in [-0.2, -0.15) is 13.2 Å². The summed E-state index contributed by atoms with van der Waals surface area (Å²) in [6.07, 6.45) is -5.07. The maximum absolute atomic E-state index is 13.1. The van der Waals surface area contributed by atoms with E-state index in [0.29, 0.717) is 12.1 Å². The van der Waals surface area contributed by atoms with E-state index in [4.69, 9.17) is 0 Å². The van der Waals surface area contributed by atoms with E-state index in [0.717, 1.165) is 6.07 Å². The van der Waals surface area contributed by atoms with Gasteiger partial charge >= 0.3 is 6.18 Å². The minimum Gasteiger partial charge on any atom is -0.294 e. The Morgan fingerprint density at radius 2 is 1.86 bits per heavy atom. The number of sulfone groups is 1. The normalized spacial score (nSPS) is 12.4. The number of rotatable bonds is 6. The van der Waals surface area contributed by atoms with E-state index in [-0.39, 0.29) is 29.9 Å². The lowest BCUT2D eigenvalue weighted by atomic mass is 10.0. The maximum Gasteiger partial charge on any atom is 0.419 e. The fraction of sp³-hybridized carbons (Fsp3) is 0.462. The van der Waals surface area contributed by atoms with Gasteiger partial charge in [-0.05, 0) is 24.6 Å². The lowest BCUT2D eigenvalue weighted by Gasteiger charge is -2.09. The van der Waals surface area contributed by atoms with E-state index in [1.54, 1.807) is 0 Å². The number of alkyl halides is 3. The predicted molar refractivity (Wildman–Crippen MR) is 69.3 cm³/mol. The summed E-state index contributed by atoms with van der Waals surface area (Å²) in [6, 6.07) is 1.99. The molecule has 0 fully saturated rings. The largest absolute Gasteiger partial charge is 0.419 e. The molecule has 1 aromatic rings. The topological polar surface area (TPSA) is 51.2 Å². The highest BCUT2D eigenvalue weighted by atomic mass is 32.2. The number of hydrogen-bond acceptors (Lipinski definition) is 3. The number of benzene rings is 1. The van der Waals surface area contributed by atoms with E-state index in [9.17, 15) is 30.8 Å². The van der Waals surface area contributed by atoms with E-state index >= 15 is 0 Å². The highest BCUT2D eigenvalue weighted by Gasteiger charge is 2.34. The molecule has 0 bridgehead atoms. The van der Waals surface area contributed by atoms with Crippen LogP contribution in [0, 0.1) is 5.82 Å². The number of Topliss-reactive ketones (excluding diaryl/α,β-unsaturated/α-hetero) is 1. The Balaban J connectivity index is 2.80. The van der Waals surface area contributed by atoms with Gasteiger partial charge in [0.2, 0.25) is 0 Å². The first-order chi connectivity index (χ1) is 9.57. The second-order valence-corrected chi connectivity index (χ2v) is 6.93. The van der Waals surface area contributed by atoms with E-state index < -0.39 is 33.2 Å². The number of carbonyl (C=O) groups is 1. The Labute approximate surface area is 119 Å². The molecule has 118 valence electrons. The second-order valence-electron chi connectivity index (χ2n) is 4.46. The average Bonchev–Trinajstić information content (AvgIpc) is 2.37. The first kappa shape index (κ1) is 17.6. The molecule has 0 aromatic heterocycles. The van der Waals surface area contributed by atoms with E-state index in [1.807, 2.05) is 0 Å². The van der Waals surface area contributed by atoms with Gasteiger partial charge in [0.15, 0.2) is 5.78 Å². The van der Waals surface area contributed by atoms with Gasteiger partial charge in [0.1, 0.15) is 15.7 Å². The van der Waals surface area contributed by atoms with Crippen LogP contribution in [0.5, 0.6) is 0 Å². The van der Waals surface area contributed by atoms with Crippen molar-refractivity contribution in [3.63, 3.8) is 0 Å². The smallest absolute Gasteiger partial charge is 0.294 e. The highest BCUT2D eigenvalue weighted by molar-refractivity contribution is 7.91. The molecule has 0 unspecified atom stereocenters. The number of ketones is 1. The van der Waals surface area contributed by atoms with E-state index in [1.165, 1.54) is 6.92 Å². The van der Waals surface area contributed by atoms with Gasteiger partial charge in [-0.1, -0.05) is 6.92 Å². The summed E-state index contributed by atoms with van der Waals surface area (Å²) in [7, 11) is -3.23. The highest BCUT2D eigenvalue weighted by Crippen LogP contribution is 2.32. The SMILES string of the molecule is CCS(=O)(=O)CCCC(=O)c1ccc(F)c(C(F)(F)F)c1. The zero-order valence-corrected chi connectivity index (χ0v) is 12.0. The first-order valence-corrected chi connectivity index (χ1v) is 7.99. The summed E-state index contributed by atoms with van der Waals surface area (Å²) in [5.74, 6) is -2.36.